The van der Waals surface area contributed by atoms with E-state index in [4.69, 9.17) is 5.11 Å². The van der Waals surface area contributed by atoms with Crippen LogP contribution < -0.4 is 10.6 Å². The van der Waals surface area contributed by atoms with E-state index in [0.29, 0.717) is 18.9 Å². The molecule has 5 heteroatoms. The van der Waals surface area contributed by atoms with Crippen molar-refractivity contribution in [2.75, 3.05) is 13.1 Å². The van der Waals surface area contributed by atoms with Crippen molar-refractivity contribution in [3.8, 4) is 0 Å². The van der Waals surface area contributed by atoms with Crippen molar-refractivity contribution in [3.05, 3.63) is 0 Å². The molecule has 1 aliphatic rings. The highest BCUT2D eigenvalue weighted by molar-refractivity contribution is 5.80. The summed E-state index contributed by atoms with van der Waals surface area (Å²) in [5.74, 6) is -0.628. The molecule has 1 saturated heterocycles. The van der Waals surface area contributed by atoms with Crippen molar-refractivity contribution in [2.24, 2.45) is 17.3 Å². The predicted molar refractivity (Wildman–Crippen MR) is 73.8 cm³/mol. The fourth-order valence-corrected chi connectivity index (χ4v) is 2.59. The van der Waals surface area contributed by atoms with Crippen LogP contribution in [0.2, 0.25) is 0 Å². The number of rotatable bonds is 5. The number of carboxylic acid groups (broad SMARTS) is 1. The third-order valence-corrected chi connectivity index (χ3v) is 3.48. The Kier molecular flexibility index (Phi) is 5.35. The normalized spacial score (nSPS) is 25.1. The molecule has 1 unspecified atom stereocenters. The summed E-state index contributed by atoms with van der Waals surface area (Å²) < 4.78 is 0. The molecular formula is C14H26N2O3. The summed E-state index contributed by atoms with van der Waals surface area (Å²) in [5.41, 5.74) is -0.00701. The predicted octanol–water partition coefficient (Wildman–Crippen LogP) is 1.24. The molecule has 1 heterocycles. The van der Waals surface area contributed by atoms with Crippen molar-refractivity contribution in [2.45, 2.75) is 46.6 Å². The maximum Gasteiger partial charge on any atom is 0.305 e. The second kappa shape index (κ2) is 6.37. The van der Waals surface area contributed by atoms with Crippen LogP contribution in [-0.4, -0.2) is 36.1 Å². The second-order valence-electron chi connectivity index (χ2n) is 6.81. The summed E-state index contributed by atoms with van der Waals surface area (Å²) in [4.78, 5) is 23.1. The monoisotopic (exact) mass is 270 g/mol. The zero-order valence-corrected chi connectivity index (χ0v) is 12.3. The van der Waals surface area contributed by atoms with E-state index in [1.807, 2.05) is 27.7 Å². The van der Waals surface area contributed by atoms with Gasteiger partial charge in [0.1, 0.15) is 0 Å². The first-order valence-electron chi connectivity index (χ1n) is 6.92. The standard InChI is InChI=1S/C14H26N2O3/c1-9-7-15-8-11(9)13(19)16-10(5-12(17)18)6-14(2,3)4/h9-11,15H,5-8H2,1-4H3,(H,16,19)(H,17,18)/t9-,10?,11-/m1/s1. The number of carbonyl (C=O) groups excluding carboxylic acids is 1. The first-order chi connectivity index (χ1) is 8.69. The molecular weight excluding hydrogens is 244 g/mol. The van der Waals surface area contributed by atoms with Crippen molar-refractivity contribution in [3.63, 3.8) is 0 Å². The summed E-state index contributed by atoms with van der Waals surface area (Å²) in [6, 6.07) is -0.294. The molecule has 1 rings (SSSR count). The molecule has 0 aromatic carbocycles. The van der Waals surface area contributed by atoms with Crippen LogP contribution in [-0.2, 0) is 9.59 Å². The number of aliphatic carboxylic acids is 1. The summed E-state index contributed by atoms with van der Waals surface area (Å²) in [5, 5.41) is 15.1. The van der Waals surface area contributed by atoms with E-state index in [1.165, 1.54) is 0 Å². The number of nitrogens with one attached hydrogen (secondary N) is 2. The number of hydrogen-bond acceptors (Lipinski definition) is 3. The molecule has 1 aliphatic heterocycles. The van der Waals surface area contributed by atoms with Crippen LogP contribution in [0.15, 0.2) is 0 Å². The molecule has 0 aromatic heterocycles. The second-order valence-corrected chi connectivity index (χ2v) is 6.81. The van der Waals surface area contributed by atoms with E-state index in [2.05, 4.69) is 10.6 Å². The Morgan fingerprint density at radius 3 is 2.42 bits per heavy atom. The molecule has 0 bridgehead atoms. The molecule has 0 aliphatic carbocycles. The van der Waals surface area contributed by atoms with Gasteiger partial charge >= 0.3 is 5.97 Å². The SMILES string of the molecule is C[C@@H]1CNC[C@H]1C(=O)NC(CC(=O)O)CC(C)(C)C. The highest BCUT2D eigenvalue weighted by atomic mass is 16.4. The lowest BCUT2D eigenvalue weighted by Gasteiger charge is -2.27. The lowest BCUT2D eigenvalue weighted by atomic mass is 9.86. The van der Waals surface area contributed by atoms with Gasteiger partial charge in [0.25, 0.3) is 0 Å². The summed E-state index contributed by atoms with van der Waals surface area (Å²) >= 11 is 0. The summed E-state index contributed by atoms with van der Waals surface area (Å²) in [6.07, 6.45) is 0.650. The summed E-state index contributed by atoms with van der Waals surface area (Å²) in [7, 11) is 0. The molecule has 19 heavy (non-hydrogen) atoms. The maximum atomic E-state index is 12.2. The molecule has 1 fully saturated rings. The van der Waals surface area contributed by atoms with Crippen molar-refractivity contribution >= 4 is 11.9 Å². The Labute approximate surface area is 115 Å². The largest absolute Gasteiger partial charge is 0.481 e. The first kappa shape index (κ1) is 16.0. The molecule has 3 N–H and O–H groups in total. The van der Waals surface area contributed by atoms with Crippen LogP contribution in [0.5, 0.6) is 0 Å². The minimum Gasteiger partial charge on any atom is -0.481 e. The van der Waals surface area contributed by atoms with E-state index < -0.39 is 5.97 Å². The smallest absolute Gasteiger partial charge is 0.305 e. The third kappa shape index (κ3) is 5.59. The lowest BCUT2D eigenvalue weighted by molar-refractivity contribution is -0.138. The molecule has 5 nitrogen and oxygen atoms in total. The van der Waals surface area contributed by atoms with Crippen molar-refractivity contribution < 1.29 is 14.7 Å². The van der Waals surface area contributed by atoms with E-state index >= 15 is 0 Å². The van der Waals surface area contributed by atoms with Gasteiger partial charge in [0.2, 0.25) is 5.91 Å². The number of carbonyl (C=O) groups is 2. The van der Waals surface area contributed by atoms with Crippen LogP contribution >= 0.6 is 0 Å². The Balaban J connectivity index is 2.60. The quantitative estimate of drug-likeness (QED) is 0.702. The number of carboxylic acids is 1. The topological polar surface area (TPSA) is 78.4 Å². The molecule has 3 atom stereocenters. The minimum absolute atomic E-state index is 0.00701. The van der Waals surface area contributed by atoms with E-state index in [1.54, 1.807) is 0 Å². The molecule has 1 amide bonds. The Morgan fingerprint density at radius 1 is 1.37 bits per heavy atom. The molecule has 0 spiro atoms. The maximum absolute atomic E-state index is 12.2. The fourth-order valence-electron chi connectivity index (χ4n) is 2.59. The van der Waals surface area contributed by atoms with Crippen molar-refractivity contribution in [1.82, 2.24) is 10.6 Å². The van der Waals surface area contributed by atoms with Gasteiger partial charge in [0.15, 0.2) is 0 Å². The Morgan fingerprint density at radius 2 is 2.00 bits per heavy atom. The fraction of sp³-hybridized carbons (Fsp3) is 0.857. The van der Waals surface area contributed by atoms with Gasteiger partial charge in [-0.05, 0) is 24.3 Å². The average molecular weight is 270 g/mol. The van der Waals surface area contributed by atoms with Gasteiger partial charge in [-0.2, -0.15) is 0 Å². The van der Waals surface area contributed by atoms with Gasteiger partial charge < -0.3 is 15.7 Å². The Bertz CT molecular complexity index is 336. The van der Waals surface area contributed by atoms with Gasteiger partial charge in [-0.15, -0.1) is 0 Å². The van der Waals surface area contributed by atoms with Gasteiger partial charge in [-0.25, -0.2) is 0 Å². The van der Waals surface area contributed by atoms with Gasteiger partial charge in [0, 0.05) is 12.6 Å². The number of amides is 1. The first-order valence-corrected chi connectivity index (χ1v) is 6.92. The van der Waals surface area contributed by atoms with Crippen LogP contribution in [0, 0.1) is 17.3 Å². The minimum atomic E-state index is -0.868. The van der Waals surface area contributed by atoms with E-state index in [0.717, 1.165) is 6.54 Å². The molecule has 0 radical (unpaired) electrons. The van der Waals surface area contributed by atoms with Crippen LogP contribution in [0.3, 0.4) is 0 Å². The van der Waals surface area contributed by atoms with Crippen LogP contribution in [0.1, 0.15) is 40.5 Å². The Hall–Kier alpha value is -1.10. The number of hydrogen-bond donors (Lipinski definition) is 3. The van der Waals surface area contributed by atoms with Crippen LogP contribution in [0.4, 0.5) is 0 Å². The molecule has 0 saturated carbocycles. The highest BCUT2D eigenvalue weighted by Gasteiger charge is 2.32. The van der Waals surface area contributed by atoms with Crippen LogP contribution in [0.25, 0.3) is 0 Å². The zero-order chi connectivity index (χ0) is 14.6. The van der Waals surface area contributed by atoms with Gasteiger partial charge in [0.05, 0.1) is 12.3 Å². The van der Waals surface area contributed by atoms with Crippen molar-refractivity contribution in [1.29, 1.82) is 0 Å². The summed E-state index contributed by atoms with van der Waals surface area (Å²) in [6.45, 7) is 9.72. The van der Waals surface area contributed by atoms with Gasteiger partial charge in [-0.3, -0.25) is 9.59 Å². The van der Waals surface area contributed by atoms with Gasteiger partial charge in [-0.1, -0.05) is 27.7 Å². The highest BCUT2D eigenvalue weighted by Crippen LogP contribution is 2.23. The average Bonchev–Trinajstić information content (AvgIpc) is 2.60. The third-order valence-electron chi connectivity index (χ3n) is 3.48. The van der Waals surface area contributed by atoms with E-state index in [-0.39, 0.29) is 29.7 Å². The molecule has 0 aromatic rings. The zero-order valence-electron chi connectivity index (χ0n) is 12.3. The lowest BCUT2D eigenvalue weighted by Crippen LogP contribution is -2.43. The van der Waals surface area contributed by atoms with E-state index in [9.17, 15) is 9.59 Å². The molecule has 110 valence electrons.